The van der Waals surface area contributed by atoms with Gasteiger partial charge in [0, 0.05) is 17.4 Å². The Morgan fingerprint density at radius 3 is 2.06 bits per heavy atom. The van der Waals surface area contributed by atoms with E-state index >= 15 is 0 Å². The molecule has 2 amide bonds. The van der Waals surface area contributed by atoms with Gasteiger partial charge in [0.2, 0.25) is 5.91 Å². The number of ether oxygens (including phenoxy) is 1. The number of carbonyl (C=O) groups is 2. The third-order valence-electron chi connectivity index (χ3n) is 6.03. The van der Waals surface area contributed by atoms with E-state index in [2.05, 4.69) is 5.32 Å². The predicted molar refractivity (Wildman–Crippen MR) is 118 cm³/mol. The van der Waals surface area contributed by atoms with Crippen molar-refractivity contribution in [1.82, 2.24) is 10.2 Å². The first-order chi connectivity index (χ1) is 14.6. The van der Waals surface area contributed by atoms with Crippen molar-refractivity contribution in [3.05, 3.63) is 65.2 Å². The number of para-hydroxylation sites is 1. The summed E-state index contributed by atoms with van der Waals surface area (Å²) in [6, 6.07) is 14.0. The van der Waals surface area contributed by atoms with Gasteiger partial charge in [-0.2, -0.15) is 0 Å². The largest absolute Gasteiger partial charge is 0.508 e. The third-order valence-corrected chi connectivity index (χ3v) is 6.03. The number of fused-ring (bicyclic) bond motifs is 5. The fourth-order valence-electron chi connectivity index (χ4n) is 4.82. The van der Waals surface area contributed by atoms with Crippen LogP contribution in [0.2, 0.25) is 0 Å². The van der Waals surface area contributed by atoms with Crippen LogP contribution in [0.1, 0.15) is 69.3 Å². The van der Waals surface area contributed by atoms with Crippen LogP contribution in [-0.4, -0.2) is 33.6 Å². The van der Waals surface area contributed by atoms with Crippen molar-refractivity contribution in [2.45, 2.75) is 64.3 Å². The molecule has 0 spiro atoms. The summed E-state index contributed by atoms with van der Waals surface area (Å²) in [6.45, 7) is 9.21. The highest BCUT2D eigenvalue weighted by molar-refractivity contribution is 5.80. The highest BCUT2D eigenvalue weighted by atomic mass is 16.6. The Kier molecular flexibility index (Phi) is 5.20. The van der Waals surface area contributed by atoms with Gasteiger partial charge in [-0.1, -0.05) is 56.3 Å². The molecule has 0 aromatic heterocycles. The summed E-state index contributed by atoms with van der Waals surface area (Å²) in [7, 11) is 0. The van der Waals surface area contributed by atoms with E-state index in [1.807, 2.05) is 71.0 Å². The SMILES string of the molecule is CC(C)C(=O)N[C@H]1C(c2ccccc2O)C2c3ccccc3[C@@H]1N2C(=O)OC(C)(C)C. The first-order valence-electron chi connectivity index (χ1n) is 10.8. The van der Waals surface area contributed by atoms with Crippen molar-refractivity contribution in [3.8, 4) is 5.75 Å². The fourth-order valence-corrected chi connectivity index (χ4v) is 4.82. The molecule has 2 N–H and O–H groups in total. The lowest BCUT2D eigenvalue weighted by Crippen LogP contribution is -2.45. The van der Waals surface area contributed by atoms with Crippen LogP contribution in [0.4, 0.5) is 4.79 Å². The molecular weight excluding hydrogens is 392 g/mol. The summed E-state index contributed by atoms with van der Waals surface area (Å²) in [4.78, 5) is 27.8. The summed E-state index contributed by atoms with van der Waals surface area (Å²) >= 11 is 0. The van der Waals surface area contributed by atoms with Crippen molar-refractivity contribution in [2.24, 2.45) is 5.92 Å². The highest BCUT2D eigenvalue weighted by Crippen LogP contribution is 2.60. The van der Waals surface area contributed by atoms with Crippen molar-refractivity contribution in [2.75, 3.05) is 0 Å². The number of nitrogens with zero attached hydrogens (tertiary/aromatic N) is 1. The summed E-state index contributed by atoms with van der Waals surface area (Å²) in [5.41, 5.74) is 2.11. The first-order valence-corrected chi connectivity index (χ1v) is 10.8. The topological polar surface area (TPSA) is 78.9 Å². The zero-order valence-electron chi connectivity index (χ0n) is 18.6. The Labute approximate surface area is 183 Å². The zero-order valence-corrected chi connectivity index (χ0v) is 18.6. The predicted octanol–water partition coefficient (Wildman–Crippen LogP) is 4.66. The van der Waals surface area contributed by atoms with Crippen molar-refractivity contribution < 1.29 is 19.4 Å². The van der Waals surface area contributed by atoms with E-state index in [1.54, 1.807) is 17.0 Å². The number of aromatic hydroxyl groups is 1. The Morgan fingerprint density at radius 1 is 0.968 bits per heavy atom. The molecular formula is C25H30N2O4. The summed E-state index contributed by atoms with van der Waals surface area (Å²) in [5, 5.41) is 13.8. The maximum atomic E-state index is 13.3. The molecule has 6 nitrogen and oxygen atoms in total. The molecule has 2 aliphatic heterocycles. The molecule has 2 aromatic carbocycles. The monoisotopic (exact) mass is 422 g/mol. The minimum absolute atomic E-state index is 0.0837. The maximum Gasteiger partial charge on any atom is 0.411 e. The van der Waals surface area contributed by atoms with Crippen molar-refractivity contribution >= 4 is 12.0 Å². The van der Waals surface area contributed by atoms with E-state index in [0.29, 0.717) is 5.56 Å². The van der Waals surface area contributed by atoms with Gasteiger partial charge in [-0.15, -0.1) is 0 Å². The molecule has 4 rings (SSSR count). The lowest BCUT2D eigenvalue weighted by Gasteiger charge is -2.32. The van der Waals surface area contributed by atoms with E-state index < -0.39 is 11.7 Å². The fraction of sp³-hybridized carbons (Fsp3) is 0.440. The van der Waals surface area contributed by atoms with Crippen LogP contribution >= 0.6 is 0 Å². The van der Waals surface area contributed by atoms with E-state index in [1.165, 1.54) is 0 Å². The van der Waals surface area contributed by atoms with Crippen LogP contribution in [0.5, 0.6) is 5.75 Å². The summed E-state index contributed by atoms with van der Waals surface area (Å²) in [6.07, 6.45) is -0.416. The van der Waals surface area contributed by atoms with Gasteiger partial charge in [0.15, 0.2) is 0 Å². The molecule has 0 radical (unpaired) electrons. The molecule has 0 aliphatic carbocycles. The van der Waals surface area contributed by atoms with Crippen LogP contribution in [0.15, 0.2) is 48.5 Å². The smallest absolute Gasteiger partial charge is 0.411 e. The molecule has 2 aromatic rings. The molecule has 2 bridgehead atoms. The van der Waals surface area contributed by atoms with Gasteiger partial charge in [-0.25, -0.2) is 4.79 Å². The van der Waals surface area contributed by atoms with Crippen LogP contribution < -0.4 is 5.32 Å². The Morgan fingerprint density at radius 2 is 1.52 bits per heavy atom. The second kappa shape index (κ2) is 7.59. The molecule has 0 saturated carbocycles. The quantitative estimate of drug-likeness (QED) is 0.754. The number of phenols is 1. The Bertz CT molecular complexity index is 1010. The molecule has 1 saturated heterocycles. The Balaban J connectivity index is 1.86. The second-order valence-corrected chi connectivity index (χ2v) is 9.68. The normalized spacial score (nSPS) is 24.3. The van der Waals surface area contributed by atoms with Crippen LogP contribution in [0.3, 0.4) is 0 Å². The number of phenolic OH excluding ortho intramolecular Hbond substituents is 1. The molecule has 2 unspecified atom stereocenters. The molecule has 164 valence electrons. The van der Waals surface area contributed by atoms with Gasteiger partial charge in [-0.3, -0.25) is 9.69 Å². The lowest BCUT2D eigenvalue weighted by molar-refractivity contribution is -0.125. The highest BCUT2D eigenvalue weighted by Gasteiger charge is 2.60. The van der Waals surface area contributed by atoms with Gasteiger partial charge in [0.05, 0.1) is 18.1 Å². The van der Waals surface area contributed by atoms with E-state index in [-0.39, 0.29) is 41.6 Å². The standard InChI is InChI=1S/C25H30N2O4/c1-14(2)23(29)26-20-19(17-12-8-9-13-18(17)28)21-15-10-6-7-11-16(15)22(20)27(21)24(30)31-25(3,4)5/h6-14,19-22,28H,1-5H3,(H,26,29)/t19?,20-,21?,22-/m0/s1. The molecule has 2 heterocycles. The van der Waals surface area contributed by atoms with Gasteiger partial charge < -0.3 is 15.2 Å². The average Bonchev–Trinajstić information content (AvgIpc) is 3.19. The number of nitrogens with one attached hydrogen (secondary N) is 1. The number of benzene rings is 2. The van der Waals surface area contributed by atoms with Crippen LogP contribution in [0, 0.1) is 5.92 Å². The average molecular weight is 423 g/mol. The van der Waals surface area contributed by atoms with Gasteiger partial charge in [-0.05, 0) is 38.0 Å². The number of hydrogen-bond acceptors (Lipinski definition) is 4. The summed E-state index contributed by atoms with van der Waals surface area (Å²) < 4.78 is 5.76. The second-order valence-electron chi connectivity index (χ2n) is 9.68. The molecule has 2 aliphatic rings. The van der Waals surface area contributed by atoms with Crippen molar-refractivity contribution in [1.29, 1.82) is 0 Å². The molecule has 6 heteroatoms. The lowest BCUT2D eigenvalue weighted by atomic mass is 9.76. The number of amides is 2. The van der Waals surface area contributed by atoms with E-state index in [9.17, 15) is 14.7 Å². The van der Waals surface area contributed by atoms with Crippen LogP contribution in [-0.2, 0) is 9.53 Å². The minimum atomic E-state index is -0.646. The molecule has 4 atom stereocenters. The van der Waals surface area contributed by atoms with Gasteiger partial charge in [0.25, 0.3) is 0 Å². The van der Waals surface area contributed by atoms with E-state index in [4.69, 9.17) is 4.74 Å². The Hall–Kier alpha value is -3.02. The number of carbonyl (C=O) groups excluding carboxylic acids is 2. The zero-order chi connectivity index (χ0) is 22.5. The number of rotatable bonds is 3. The first kappa shape index (κ1) is 21.2. The van der Waals surface area contributed by atoms with Crippen molar-refractivity contribution in [3.63, 3.8) is 0 Å². The summed E-state index contributed by atoms with van der Waals surface area (Å²) in [5.74, 6) is -0.421. The third kappa shape index (κ3) is 3.64. The van der Waals surface area contributed by atoms with Crippen LogP contribution in [0.25, 0.3) is 0 Å². The maximum absolute atomic E-state index is 13.3. The molecule has 31 heavy (non-hydrogen) atoms. The minimum Gasteiger partial charge on any atom is -0.508 e. The molecule has 1 fully saturated rings. The number of hydrogen-bond donors (Lipinski definition) is 2. The van der Waals surface area contributed by atoms with E-state index in [0.717, 1.165) is 11.1 Å². The van der Waals surface area contributed by atoms with Gasteiger partial charge in [0.1, 0.15) is 11.4 Å². The van der Waals surface area contributed by atoms with Gasteiger partial charge >= 0.3 is 6.09 Å².